The molecule has 0 aliphatic carbocycles. The number of benzene rings is 3. The minimum atomic E-state index is -0.640. The Morgan fingerprint density at radius 2 is 1.58 bits per heavy atom. The van der Waals surface area contributed by atoms with Crippen LogP contribution in [0.5, 0.6) is 0 Å². The third kappa shape index (κ3) is 4.87. The quantitative estimate of drug-likeness (QED) is 0.351. The minimum Gasteiger partial charge on any atom is -0.349 e. The van der Waals surface area contributed by atoms with Gasteiger partial charge in [-0.15, -0.1) is 0 Å². The molecule has 0 saturated heterocycles. The van der Waals surface area contributed by atoms with Gasteiger partial charge in [0.2, 0.25) is 0 Å². The van der Waals surface area contributed by atoms with Gasteiger partial charge in [-0.1, -0.05) is 61.3 Å². The molecule has 3 aromatic rings. The van der Waals surface area contributed by atoms with Gasteiger partial charge in [0.25, 0.3) is 17.7 Å². The van der Waals surface area contributed by atoms with Crippen molar-refractivity contribution in [3.63, 3.8) is 0 Å². The molecule has 0 radical (unpaired) electrons. The summed E-state index contributed by atoms with van der Waals surface area (Å²) in [5, 5.41) is 6.26. The highest BCUT2D eigenvalue weighted by molar-refractivity contribution is 6.53. The number of imide groups is 1. The number of anilines is 3. The van der Waals surface area contributed by atoms with Gasteiger partial charge in [-0.2, -0.15) is 0 Å². The fourth-order valence-electron chi connectivity index (χ4n) is 4.00. The number of carbonyl (C=O) groups is 3. The molecule has 1 heterocycles. The second kappa shape index (κ2) is 10.2. The third-order valence-corrected chi connectivity index (χ3v) is 6.64. The standard InChI is InChI=1S/C28H25Cl2N3O3/c1-15(2)21-7-5-6-17(4)24(21)32-26(34)18-9-8-16(3)22(14-18)31-25-23(30)27(35)33(28(25)36)20-12-10-19(29)11-13-20/h5-15,31H,1-4H3,(H,32,34). The molecule has 36 heavy (non-hydrogen) atoms. The van der Waals surface area contributed by atoms with E-state index < -0.39 is 11.8 Å². The van der Waals surface area contributed by atoms with E-state index in [9.17, 15) is 14.4 Å². The monoisotopic (exact) mass is 521 g/mol. The maximum Gasteiger partial charge on any atom is 0.283 e. The van der Waals surface area contributed by atoms with Crippen molar-refractivity contribution < 1.29 is 14.4 Å². The van der Waals surface area contributed by atoms with Crippen LogP contribution in [0.2, 0.25) is 5.02 Å². The van der Waals surface area contributed by atoms with Gasteiger partial charge >= 0.3 is 0 Å². The summed E-state index contributed by atoms with van der Waals surface area (Å²) in [6.07, 6.45) is 0. The molecule has 2 N–H and O–H groups in total. The van der Waals surface area contributed by atoms with Crippen molar-refractivity contribution >= 4 is 58.0 Å². The molecule has 1 aliphatic rings. The molecule has 3 aromatic carbocycles. The maximum absolute atomic E-state index is 13.2. The molecule has 0 aromatic heterocycles. The van der Waals surface area contributed by atoms with Crippen LogP contribution in [0.1, 0.15) is 46.8 Å². The lowest BCUT2D eigenvalue weighted by Gasteiger charge is -2.17. The first-order chi connectivity index (χ1) is 17.1. The van der Waals surface area contributed by atoms with Gasteiger partial charge in [0, 0.05) is 22.0 Å². The van der Waals surface area contributed by atoms with Gasteiger partial charge in [0.1, 0.15) is 10.7 Å². The van der Waals surface area contributed by atoms with E-state index >= 15 is 0 Å². The first kappa shape index (κ1) is 25.5. The Hall–Kier alpha value is -3.61. The van der Waals surface area contributed by atoms with E-state index in [2.05, 4.69) is 24.5 Å². The second-order valence-corrected chi connectivity index (χ2v) is 9.73. The van der Waals surface area contributed by atoms with Gasteiger partial charge in [0.05, 0.1) is 5.69 Å². The van der Waals surface area contributed by atoms with Crippen LogP contribution in [0.4, 0.5) is 17.1 Å². The lowest BCUT2D eigenvalue weighted by Crippen LogP contribution is -2.32. The van der Waals surface area contributed by atoms with Crippen molar-refractivity contribution in [2.24, 2.45) is 0 Å². The number of rotatable bonds is 6. The van der Waals surface area contributed by atoms with Crippen LogP contribution in [0.25, 0.3) is 0 Å². The number of hydrogen-bond donors (Lipinski definition) is 2. The lowest BCUT2D eigenvalue weighted by atomic mass is 9.98. The number of aryl methyl sites for hydroxylation is 2. The van der Waals surface area contributed by atoms with Crippen LogP contribution in [-0.2, 0) is 9.59 Å². The predicted molar refractivity (Wildman–Crippen MR) is 145 cm³/mol. The minimum absolute atomic E-state index is 0.0572. The molecular weight excluding hydrogens is 497 g/mol. The van der Waals surface area contributed by atoms with E-state index in [-0.39, 0.29) is 22.6 Å². The van der Waals surface area contributed by atoms with E-state index in [1.165, 1.54) is 0 Å². The summed E-state index contributed by atoms with van der Waals surface area (Å²) in [4.78, 5) is 40.0. The second-order valence-electron chi connectivity index (χ2n) is 8.91. The summed E-state index contributed by atoms with van der Waals surface area (Å²) in [5.74, 6) is -1.29. The number of halogens is 2. The number of hydrogen-bond acceptors (Lipinski definition) is 4. The van der Waals surface area contributed by atoms with Gasteiger partial charge < -0.3 is 10.6 Å². The Balaban J connectivity index is 1.60. The zero-order valence-corrected chi connectivity index (χ0v) is 21.8. The average Bonchev–Trinajstić information content (AvgIpc) is 3.05. The number of amides is 3. The van der Waals surface area contributed by atoms with Crippen LogP contribution >= 0.6 is 23.2 Å². The highest BCUT2D eigenvalue weighted by Gasteiger charge is 2.39. The Labute approximate surface area is 219 Å². The molecule has 0 atom stereocenters. The summed E-state index contributed by atoms with van der Waals surface area (Å²) >= 11 is 12.2. The van der Waals surface area contributed by atoms with Gasteiger partial charge in [-0.05, 0) is 72.9 Å². The SMILES string of the molecule is Cc1ccc(C(=O)Nc2c(C)cccc2C(C)C)cc1NC1=C(Cl)C(=O)N(c2ccc(Cl)cc2)C1=O. The van der Waals surface area contributed by atoms with E-state index in [0.29, 0.717) is 22.0 Å². The summed E-state index contributed by atoms with van der Waals surface area (Å²) < 4.78 is 0. The number of para-hydroxylation sites is 1. The number of nitrogens with zero attached hydrogens (tertiary/aromatic N) is 1. The highest BCUT2D eigenvalue weighted by Crippen LogP contribution is 2.32. The molecule has 8 heteroatoms. The first-order valence-corrected chi connectivity index (χ1v) is 12.2. The summed E-state index contributed by atoms with van der Waals surface area (Å²) in [5.41, 5.74) is 4.75. The van der Waals surface area contributed by atoms with E-state index in [0.717, 1.165) is 27.3 Å². The molecule has 1 aliphatic heterocycles. The Morgan fingerprint density at radius 1 is 0.889 bits per heavy atom. The van der Waals surface area contributed by atoms with Crippen LogP contribution < -0.4 is 15.5 Å². The van der Waals surface area contributed by atoms with Gasteiger partial charge in [0.15, 0.2) is 0 Å². The zero-order chi connectivity index (χ0) is 26.1. The summed E-state index contributed by atoms with van der Waals surface area (Å²) in [6, 6.07) is 17.3. The Morgan fingerprint density at radius 3 is 2.25 bits per heavy atom. The molecule has 4 rings (SSSR count). The van der Waals surface area contributed by atoms with Crippen molar-refractivity contribution in [1.29, 1.82) is 0 Å². The normalized spacial score (nSPS) is 13.6. The molecule has 0 unspecified atom stereocenters. The average molecular weight is 522 g/mol. The van der Waals surface area contributed by atoms with E-state index in [1.54, 1.807) is 42.5 Å². The molecule has 3 amide bonds. The van der Waals surface area contributed by atoms with Crippen LogP contribution in [-0.4, -0.2) is 17.7 Å². The van der Waals surface area contributed by atoms with Crippen LogP contribution in [0, 0.1) is 13.8 Å². The van der Waals surface area contributed by atoms with E-state index in [1.807, 2.05) is 32.0 Å². The molecule has 6 nitrogen and oxygen atoms in total. The summed E-state index contributed by atoms with van der Waals surface area (Å²) in [6.45, 7) is 7.92. The third-order valence-electron chi connectivity index (χ3n) is 6.04. The Bertz CT molecular complexity index is 1410. The number of carbonyl (C=O) groups excluding carboxylic acids is 3. The molecule has 0 bridgehead atoms. The van der Waals surface area contributed by atoms with Crippen molar-refractivity contribution in [3.8, 4) is 0 Å². The van der Waals surface area contributed by atoms with Crippen molar-refractivity contribution in [2.75, 3.05) is 15.5 Å². The molecule has 0 saturated carbocycles. The highest BCUT2D eigenvalue weighted by atomic mass is 35.5. The van der Waals surface area contributed by atoms with Gasteiger partial charge in [-0.25, -0.2) is 4.90 Å². The summed E-state index contributed by atoms with van der Waals surface area (Å²) in [7, 11) is 0. The Kier molecular flexibility index (Phi) is 7.20. The topological polar surface area (TPSA) is 78.5 Å². The smallest absolute Gasteiger partial charge is 0.283 e. The predicted octanol–water partition coefficient (Wildman–Crippen LogP) is 6.77. The van der Waals surface area contributed by atoms with E-state index in [4.69, 9.17) is 23.2 Å². The van der Waals surface area contributed by atoms with Gasteiger partial charge in [-0.3, -0.25) is 14.4 Å². The molecule has 0 spiro atoms. The largest absolute Gasteiger partial charge is 0.349 e. The fraction of sp³-hybridized carbons (Fsp3) is 0.179. The molecular formula is C28H25Cl2N3O3. The van der Waals surface area contributed by atoms with Crippen molar-refractivity contribution in [2.45, 2.75) is 33.6 Å². The molecule has 0 fully saturated rings. The molecule has 184 valence electrons. The fourth-order valence-corrected chi connectivity index (χ4v) is 4.34. The number of nitrogens with one attached hydrogen (secondary N) is 2. The van der Waals surface area contributed by atoms with Crippen LogP contribution in [0.3, 0.4) is 0 Å². The van der Waals surface area contributed by atoms with Crippen LogP contribution in [0.15, 0.2) is 71.4 Å². The van der Waals surface area contributed by atoms with Crippen molar-refractivity contribution in [3.05, 3.63) is 98.7 Å². The maximum atomic E-state index is 13.2. The lowest BCUT2D eigenvalue weighted by molar-refractivity contribution is -0.120. The zero-order valence-electron chi connectivity index (χ0n) is 20.3. The first-order valence-electron chi connectivity index (χ1n) is 11.4. The van der Waals surface area contributed by atoms with Crippen molar-refractivity contribution in [1.82, 2.24) is 0 Å².